The molecule has 0 radical (unpaired) electrons. The van der Waals surface area contributed by atoms with Crippen LogP contribution in [-0.2, 0) is 4.79 Å². The first-order valence-electron chi connectivity index (χ1n) is 8.72. The molecule has 0 saturated heterocycles. The Morgan fingerprint density at radius 3 is 2.41 bits per heavy atom. The van der Waals surface area contributed by atoms with Crippen LogP contribution in [0.2, 0.25) is 0 Å². The van der Waals surface area contributed by atoms with Crippen LogP contribution < -0.4 is 5.32 Å². The molecule has 1 atom stereocenters. The molecule has 0 spiro atoms. The SMILES string of the molecule is O=C(Nc1nc2ccc([N+](=O)[O-])cc2s1)C(Sc1ccccc1)c1ccccc1. The molecule has 144 valence electrons. The minimum Gasteiger partial charge on any atom is -0.301 e. The lowest BCUT2D eigenvalue weighted by atomic mass is 10.1. The van der Waals surface area contributed by atoms with Crippen molar-refractivity contribution in [2.24, 2.45) is 0 Å². The van der Waals surface area contributed by atoms with Crippen molar-refractivity contribution >= 4 is 50.0 Å². The Morgan fingerprint density at radius 2 is 1.72 bits per heavy atom. The molecule has 4 rings (SSSR count). The molecule has 1 aromatic heterocycles. The van der Waals surface area contributed by atoms with Crippen LogP contribution in [0.1, 0.15) is 10.8 Å². The van der Waals surface area contributed by atoms with E-state index in [1.807, 2.05) is 60.7 Å². The third kappa shape index (κ3) is 4.44. The van der Waals surface area contributed by atoms with Crippen molar-refractivity contribution in [2.45, 2.75) is 10.1 Å². The van der Waals surface area contributed by atoms with Crippen molar-refractivity contribution in [3.8, 4) is 0 Å². The monoisotopic (exact) mass is 421 g/mol. The van der Waals surface area contributed by atoms with E-state index >= 15 is 0 Å². The number of nitrogens with one attached hydrogen (secondary N) is 1. The molecule has 0 fully saturated rings. The van der Waals surface area contributed by atoms with E-state index in [2.05, 4.69) is 10.3 Å². The Kier molecular flexibility index (Phi) is 5.55. The summed E-state index contributed by atoms with van der Waals surface area (Å²) in [7, 11) is 0. The Morgan fingerprint density at radius 1 is 1.03 bits per heavy atom. The van der Waals surface area contributed by atoms with Gasteiger partial charge in [-0.05, 0) is 23.8 Å². The molecule has 1 heterocycles. The number of amides is 1. The van der Waals surface area contributed by atoms with Gasteiger partial charge in [-0.2, -0.15) is 0 Å². The lowest BCUT2D eigenvalue weighted by molar-refractivity contribution is -0.384. The van der Waals surface area contributed by atoms with Crippen LogP contribution in [0, 0.1) is 10.1 Å². The maximum absolute atomic E-state index is 13.1. The molecule has 0 aliphatic rings. The van der Waals surface area contributed by atoms with Crippen molar-refractivity contribution in [1.82, 2.24) is 4.98 Å². The van der Waals surface area contributed by atoms with Crippen LogP contribution >= 0.6 is 23.1 Å². The van der Waals surface area contributed by atoms with Gasteiger partial charge < -0.3 is 5.32 Å². The quantitative estimate of drug-likeness (QED) is 0.246. The number of aromatic nitrogens is 1. The van der Waals surface area contributed by atoms with Crippen LogP contribution in [0.3, 0.4) is 0 Å². The molecule has 0 aliphatic carbocycles. The summed E-state index contributed by atoms with van der Waals surface area (Å²) >= 11 is 2.68. The molecule has 0 saturated carbocycles. The Bertz CT molecular complexity index is 1160. The number of non-ortho nitro benzene ring substituents is 1. The number of rotatable bonds is 6. The molecule has 0 bridgehead atoms. The number of benzene rings is 3. The van der Waals surface area contributed by atoms with Crippen molar-refractivity contribution < 1.29 is 9.72 Å². The molecule has 4 aromatic rings. The van der Waals surface area contributed by atoms with Gasteiger partial charge in [-0.3, -0.25) is 14.9 Å². The van der Waals surface area contributed by atoms with Crippen LogP contribution in [0.25, 0.3) is 10.2 Å². The summed E-state index contributed by atoms with van der Waals surface area (Å²) in [4.78, 5) is 29.0. The van der Waals surface area contributed by atoms with Gasteiger partial charge in [0.25, 0.3) is 5.69 Å². The fourth-order valence-electron chi connectivity index (χ4n) is 2.79. The van der Waals surface area contributed by atoms with E-state index in [1.54, 1.807) is 6.07 Å². The van der Waals surface area contributed by atoms with Gasteiger partial charge in [-0.1, -0.05) is 59.9 Å². The predicted octanol–water partition coefficient (Wildman–Crippen LogP) is 5.68. The van der Waals surface area contributed by atoms with E-state index in [1.165, 1.54) is 35.2 Å². The van der Waals surface area contributed by atoms with E-state index < -0.39 is 10.2 Å². The first-order chi connectivity index (χ1) is 14.1. The standard InChI is InChI=1S/C21H15N3O3S2/c25-20(23-21-22-17-12-11-15(24(26)27)13-18(17)29-21)19(14-7-3-1-4-8-14)28-16-9-5-2-6-10-16/h1-13,19H,(H,22,23,25). The second kappa shape index (κ2) is 8.42. The molecule has 6 nitrogen and oxygen atoms in total. The molecule has 1 amide bonds. The number of nitro benzene ring substituents is 1. The minimum absolute atomic E-state index is 0.000761. The summed E-state index contributed by atoms with van der Waals surface area (Å²) in [5.41, 5.74) is 1.50. The zero-order valence-electron chi connectivity index (χ0n) is 15.0. The molecule has 1 unspecified atom stereocenters. The van der Waals surface area contributed by atoms with Gasteiger partial charge in [-0.25, -0.2) is 4.98 Å². The van der Waals surface area contributed by atoms with Crippen LogP contribution in [0.5, 0.6) is 0 Å². The number of fused-ring (bicyclic) bond motifs is 1. The molecule has 3 aromatic carbocycles. The van der Waals surface area contributed by atoms with Gasteiger partial charge >= 0.3 is 0 Å². The summed E-state index contributed by atoms with van der Waals surface area (Å²) < 4.78 is 0.654. The number of hydrogen-bond acceptors (Lipinski definition) is 6. The Hall–Kier alpha value is -3.23. The lowest BCUT2D eigenvalue weighted by Gasteiger charge is -2.16. The molecular weight excluding hydrogens is 406 g/mol. The fourth-order valence-corrected chi connectivity index (χ4v) is 4.73. The summed E-state index contributed by atoms with van der Waals surface area (Å²) in [6.45, 7) is 0. The number of nitrogens with zero attached hydrogens (tertiary/aromatic N) is 2. The van der Waals surface area contributed by atoms with E-state index in [0.717, 1.165) is 10.5 Å². The smallest absolute Gasteiger partial charge is 0.270 e. The van der Waals surface area contributed by atoms with Crippen molar-refractivity contribution in [3.05, 3.63) is 94.5 Å². The fraction of sp³-hybridized carbons (Fsp3) is 0.0476. The number of carbonyl (C=O) groups is 1. The maximum Gasteiger partial charge on any atom is 0.270 e. The zero-order chi connectivity index (χ0) is 20.2. The van der Waals surface area contributed by atoms with E-state index in [9.17, 15) is 14.9 Å². The highest BCUT2D eigenvalue weighted by molar-refractivity contribution is 8.00. The van der Waals surface area contributed by atoms with Crippen LogP contribution in [-0.4, -0.2) is 15.8 Å². The van der Waals surface area contributed by atoms with E-state index in [0.29, 0.717) is 15.3 Å². The number of hydrogen-bond donors (Lipinski definition) is 1. The Balaban J connectivity index is 1.60. The average molecular weight is 422 g/mol. The number of thioether (sulfide) groups is 1. The van der Waals surface area contributed by atoms with Crippen molar-refractivity contribution in [3.63, 3.8) is 0 Å². The highest BCUT2D eigenvalue weighted by Crippen LogP contribution is 2.37. The average Bonchev–Trinajstić information content (AvgIpc) is 3.14. The Labute approximate surface area is 174 Å². The summed E-state index contributed by atoms with van der Waals surface area (Å²) in [6, 6.07) is 23.7. The first kappa shape index (κ1) is 19.1. The van der Waals surface area contributed by atoms with Gasteiger partial charge in [0.1, 0.15) is 5.25 Å². The highest BCUT2D eigenvalue weighted by Gasteiger charge is 2.23. The third-order valence-corrected chi connectivity index (χ3v) is 6.35. The maximum atomic E-state index is 13.1. The molecule has 1 N–H and O–H groups in total. The van der Waals surface area contributed by atoms with Crippen molar-refractivity contribution in [1.29, 1.82) is 0 Å². The predicted molar refractivity (Wildman–Crippen MR) is 116 cm³/mol. The zero-order valence-corrected chi connectivity index (χ0v) is 16.7. The molecule has 8 heteroatoms. The highest BCUT2D eigenvalue weighted by atomic mass is 32.2. The van der Waals surface area contributed by atoms with E-state index in [-0.39, 0.29) is 11.6 Å². The van der Waals surface area contributed by atoms with Crippen LogP contribution in [0.15, 0.2) is 83.8 Å². The largest absolute Gasteiger partial charge is 0.301 e. The molecule has 29 heavy (non-hydrogen) atoms. The molecule has 0 aliphatic heterocycles. The first-order valence-corrected chi connectivity index (χ1v) is 10.4. The third-order valence-electron chi connectivity index (χ3n) is 4.15. The van der Waals surface area contributed by atoms with Gasteiger partial charge in [0, 0.05) is 17.0 Å². The number of nitro groups is 1. The normalized spacial score (nSPS) is 11.9. The second-order valence-electron chi connectivity index (χ2n) is 6.14. The lowest BCUT2D eigenvalue weighted by Crippen LogP contribution is -2.18. The summed E-state index contributed by atoms with van der Waals surface area (Å²) in [5, 5.41) is 13.8. The van der Waals surface area contributed by atoms with Crippen LogP contribution in [0.4, 0.5) is 10.8 Å². The van der Waals surface area contributed by atoms with Gasteiger partial charge in [0.05, 0.1) is 15.1 Å². The summed E-state index contributed by atoms with van der Waals surface area (Å²) in [6.07, 6.45) is 0. The van der Waals surface area contributed by atoms with Gasteiger partial charge in [-0.15, -0.1) is 11.8 Å². The summed E-state index contributed by atoms with van der Waals surface area (Å²) in [5.74, 6) is -0.196. The minimum atomic E-state index is -0.458. The number of thiazole rings is 1. The number of carbonyl (C=O) groups excluding carboxylic acids is 1. The topological polar surface area (TPSA) is 85.1 Å². The van der Waals surface area contributed by atoms with Gasteiger partial charge in [0.15, 0.2) is 5.13 Å². The molecular formula is C21H15N3O3S2. The number of anilines is 1. The van der Waals surface area contributed by atoms with Gasteiger partial charge in [0.2, 0.25) is 5.91 Å². The second-order valence-corrected chi connectivity index (χ2v) is 8.35. The van der Waals surface area contributed by atoms with E-state index in [4.69, 9.17) is 0 Å². The van der Waals surface area contributed by atoms with Crippen molar-refractivity contribution in [2.75, 3.05) is 5.32 Å².